The third kappa shape index (κ3) is 2.91. The number of benzene rings is 2. The summed E-state index contributed by atoms with van der Waals surface area (Å²) in [6, 6.07) is 7.31. The Morgan fingerprint density at radius 1 is 1.13 bits per heavy atom. The summed E-state index contributed by atoms with van der Waals surface area (Å²) in [5.74, 6) is -1.51. The van der Waals surface area contributed by atoms with Crippen molar-refractivity contribution < 1.29 is 13.7 Å². The van der Waals surface area contributed by atoms with E-state index in [9.17, 15) is 18.9 Å². The monoisotopic (exact) mass is 335 g/mol. The van der Waals surface area contributed by atoms with Gasteiger partial charge in [-0.25, -0.2) is 8.78 Å². The number of hydrogen-bond acceptors (Lipinski definition) is 4. The Morgan fingerprint density at radius 2 is 1.91 bits per heavy atom. The molecule has 0 aliphatic heterocycles. The average Bonchev–Trinajstić information content (AvgIpc) is 2.49. The number of aromatic nitrogens is 1. The van der Waals surface area contributed by atoms with Crippen molar-refractivity contribution in [2.75, 3.05) is 5.32 Å². The van der Waals surface area contributed by atoms with E-state index in [0.717, 1.165) is 12.1 Å². The van der Waals surface area contributed by atoms with E-state index in [1.807, 2.05) is 0 Å². The predicted molar refractivity (Wildman–Crippen MR) is 83.0 cm³/mol. The molecule has 5 nitrogen and oxygen atoms in total. The van der Waals surface area contributed by atoms with Gasteiger partial charge < -0.3 is 5.32 Å². The molecule has 23 heavy (non-hydrogen) atoms. The smallest absolute Gasteiger partial charge is 0.271 e. The fourth-order valence-electron chi connectivity index (χ4n) is 2.15. The summed E-state index contributed by atoms with van der Waals surface area (Å²) in [5, 5.41) is 14.0. The molecule has 1 N–H and O–H groups in total. The van der Waals surface area contributed by atoms with E-state index in [4.69, 9.17) is 11.6 Å². The van der Waals surface area contributed by atoms with Crippen molar-refractivity contribution in [3.8, 4) is 0 Å². The lowest BCUT2D eigenvalue weighted by atomic mass is 10.1. The summed E-state index contributed by atoms with van der Waals surface area (Å²) in [4.78, 5) is 14.0. The molecule has 0 saturated heterocycles. The van der Waals surface area contributed by atoms with Crippen LogP contribution in [0.5, 0.6) is 0 Å². The lowest BCUT2D eigenvalue weighted by Crippen LogP contribution is -1.96. The molecule has 0 bridgehead atoms. The SMILES string of the molecule is O=[N+]([O-])c1ccc(Nc2ccnc3c(F)cc(F)cc23)c(Cl)c1. The van der Waals surface area contributed by atoms with Crippen LogP contribution in [0.4, 0.5) is 25.8 Å². The van der Waals surface area contributed by atoms with Crippen molar-refractivity contribution in [2.24, 2.45) is 0 Å². The number of nitrogens with zero attached hydrogens (tertiary/aromatic N) is 2. The van der Waals surface area contributed by atoms with Gasteiger partial charge in [-0.2, -0.15) is 0 Å². The van der Waals surface area contributed by atoms with Crippen LogP contribution < -0.4 is 5.32 Å². The van der Waals surface area contributed by atoms with Crippen LogP contribution in [0, 0.1) is 21.7 Å². The Kier molecular flexibility index (Phi) is 3.79. The van der Waals surface area contributed by atoms with E-state index in [1.54, 1.807) is 0 Å². The second-order valence-corrected chi connectivity index (χ2v) is 5.10. The molecule has 1 aromatic heterocycles. The number of fused-ring (bicyclic) bond motifs is 1. The fraction of sp³-hybridized carbons (Fsp3) is 0. The van der Waals surface area contributed by atoms with Gasteiger partial charge in [0.15, 0.2) is 5.82 Å². The van der Waals surface area contributed by atoms with Gasteiger partial charge in [-0.05, 0) is 18.2 Å². The summed E-state index contributed by atoms with van der Waals surface area (Å²) in [7, 11) is 0. The lowest BCUT2D eigenvalue weighted by Gasteiger charge is -2.11. The molecule has 0 fully saturated rings. The molecule has 3 rings (SSSR count). The van der Waals surface area contributed by atoms with Crippen molar-refractivity contribution >= 4 is 39.6 Å². The first-order valence-electron chi connectivity index (χ1n) is 6.40. The number of non-ortho nitro benzene ring substituents is 1. The van der Waals surface area contributed by atoms with Crippen LogP contribution in [0.15, 0.2) is 42.6 Å². The topological polar surface area (TPSA) is 68.1 Å². The van der Waals surface area contributed by atoms with Gasteiger partial charge in [0.1, 0.15) is 11.3 Å². The molecule has 0 aliphatic rings. The highest BCUT2D eigenvalue weighted by Crippen LogP contribution is 2.32. The summed E-state index contributed by atoms with van der Waals surface area (Å²) in [6.07, 6.45) is 1.37. The lowest BCUT2D eigenvalue weighted by molar-refractivity contribution is -0.384. The van der Waals surface area contributed by atoms with Gasteiger partial charge in [-0.15, -0.1) is 0 Å². The van der Waals surface area contributed by atoms with E-state index in [1.165, 1.54) is 30.5 Å². The molecular formula is C15H8ClF2N3O2. The number of anilines is 2. The van der Waals surface area contributed by atoms with Gasteiger partial charge in [0.05, 0.1) is 15.6 Å². The van der Waals surface area contributed by atoms with E-state index in [2.05, 4.69) is 10.3 Å². The maximum absolute atomic E-state index is 13.8. The van der Waals surface area contributed by atoms with Gasteiger partial charge in [-0.3, -0.25) is 15.1 Å². The Balaban J connectivity index is 2.07. The third-order valence-electron chi connectivity index (χ3n) is 3.20. The maximum atomic E-state index is 13.8. The highest BCUT2D eigenvalue weighted by atomic mass is 35.5. The largest absolute Gasteiger partial charge is 0.354 e. The fourth-order valence-corrected chi connectivity index (χ4v) is 2.37. The van der Waals surface area contributed by atoms with Crippen molar-refractivity contribution in [3.05, 3.63) is 69.4 Å². The van der Waals surface area contributed by atoms with Crippen LogP contribution in [-0.4, -0.2) is 9.91 Å². The average molecular weight is 336 g/mol. The summed E-state index contributed by atoms with van der Waals surface area (Å²) >= 11 is 6.01. The van der Waals surface area contributed by atoms with Crippen LogP contribution in [0.2, 0.25) is 5.02 Å². The minimum absolute atomic E-state index is 0.00874. The van der Waals surface area contributed by atoms with Gasteiger partial charge in [0.25, 0.3) is 5.69 Å². The standard InChI is InChI=1S/C15H8ClF2N3O2/c16-11-7-9(21(22)23)1-2-14(11)20-13-3-4-19-15-10(13)5-8(17)6-12(15)18/h1-7H,(H,19,20). The number of nitro benzene ring substituents is 1. The maximum Gasteiger partial charge on any atom is 0.271 e. The first-order chi connectivity index (χ1) is 11.0. The molecule has 0 radical (unpaired) electrons. The first-order valence-corrected chi connectivity index (χ1v) is 6.78. The minimum atomic E-state index is -0.779. The molecule has 0 spiro atoms. The van der Waals surface area contributed by atoms with Crippen LogP contribution in [-0.2, 0) is 0 Å². The molecule has 2 aromatic carbocycles. The van der Waals surface area contributed by atoms with Crippen LogP contribution >= 0.6 is 11.6 Å². The summed E-state index contributed by atoms with van der Waals surface area (Å²) in [6.45, 7) is 0. The third-order valence-corrected chi connectivity index (χ3v) is 3.51. The Bertz CT molecular complexity index is 934. The van der Waals surface area contributed by atoms with E-state index in [-0.39, 0.29) is 21.6 Å². The number of hydrogen-bond donors (Lipinski definition) is 1. The Labute approximate surface area is 133 Å². The van der Waals surface area contributed by atoms with Crippen LogP contribution in [0.3, 0.4) is 0 Å². The quantitative estimate of drug-likeness (QED) is 0.550. The molecule has 0 unspecified atom stereocenters. The first kappa shape index (κ1) is 15.1. The van der Waals surface area contributed by atoms with Gasteiger partial charge in [0, 0.05) is 35.5 Å². The number of nitro groups is 1. The molecule has 0 amide bonds. The van der Waals surface area contributed by atoms with E-state index >= 15 is 0 Å². The van der Waals surface area contributed by atoms with Crippen molar-refractivity contribution in [1.82, 2.24) is 4.98 Å². The molecule has 1 heterocycles. The van der Waals surface area contributed by atoms with E-state index < -0.39 is 16.6 Å². The molecule has 3 aromatic rings. The molecular weight excluding hydrogens is 328 g/mol. The number of pyridine rings is 1. The Hall–Kier alpha value is -2.80. The van der Waals surface area contributed by atoms with Crippen molar-refractivity contribution in [2.45, 2.75) is 0 Å². The number of nitrogens with one attached hydrogen (secondary N) is 1. The normalized spacial score (nSPS) is 10.7. The van der Waals surface area contributed by atoms with Crippen LogP contribution in [0.25, 0.3) is 10.9 Å². The van der Waals surface area contributed by atoms with Crippen molar-refractivity contribution in [1.29, 1.82) is 0 Å². The van der Waals surface area contributed by atoms with Crippen molar-refractivity contribution in [3.63, 3.8) is 0 Å². The summed E-state index contributed by atoms with van der Waals surface area (Å²) < 4.78 is 27.2. The van der Waals surface area contributed by atoms with Gasteiger partial charge >= 0.3 is 0 Å². The van der Waals surface area contributed by atoms with Gasteiger partial charge in [-0.1, -0.05) is 11.6 Å². The highest BCUT2D eigenvalue weighted by molar-refractivity contribution is 6.33. The highest BCUT2D eigenvalue weighted by Gasteiger charge is 2.12. The van der Waals surface area contributed by atoms with E-state index in [0.29, 0.717) is 11.4 Å². The zero-order valence-electron chi connectivity index (χ0n) is 11.4. The second kappa shape index (κ2) is 5.77. The predicted octanol–water partition coefficient (Wildman–Crippen LogP) is 4.82. The molecule has 0 aliphatic carbocycles. The zero-order chi connectivity index (χ0) is 16.6. The zero-order valence-corrected chi connectivity index (χ0v) is 12.1. The molecule has 116 valence electrons. The molecule has 0 saturated carbocycles. The van der Waals surface area contributed by atoms with Gasteiger partial charge in [0.2, 0.25) is 0 Å². The summed E-state index contributed by atoms with van der Waals surface area (Å²) in [5.41, 5.74) is 0.602. The second-order valence-electron chi connectivity index (χ2n) is 4.69. The minimum Gasteiger partial charge on any atom is -0.354 e. The Morgan fingerprint density at radius 3 is 2.61 bits per heavy atom. The molecule has 8 heteroatoms. The number of rotatable bonds is 3. The van der Waals surface area contributed by atoms with Crippen LogP contribution in [0.1, 0.15) is 0 Å². The molecule has 0 atom stereocenters. The number of halogens is 3.